The van der Waals surface area contributed by atoms with Gasteiger partial charge in [0.05, 0.1) is 10.6 Å². The SMILES string of the molecule is CS(=O)(=O)c1ccc(-c2cccc3nc(NC(=O)C4CC4)nn23)cc1. The zero-order valence-corrected chi connectivity index (χ0v) is 14.3. The van der Waals surface area contributed by atoms with E-state index >= 15 is 0 Å². The van der Waals surface area contributed by atoms with Gasteiger partial charge >= 0.3 is 0 Å². The highest BCUT2D eigenvalue weighted by molar-refractivity contribution is 7.90. The molecule has 2 heterocycles. The molecule has 1 N–H and O–H groups in total. The molecule has 25 heavy (non-hydrogen) atoms. The van der Waals surface area contributed by atoms with Crippen LogP contribution in [0, 0.1) is 5.92 Å². The van der Waals surface area contributed by atoms with Crippen LogP contribution in [0.3, 0.4) is 0 Å². The van der Waals surface area contributed by atoms with E-state index in [1.54, 1.807) is 34.8 Å². The third-order valence-corrected chi connectivity index (χ3v) is 5.25. The number of amides is 1. The molecule has 0 radical (unpaired) electrons. The summed E-state index contributed by atoms with van der Waals surface area (Å²) in [6.07, 6.45) is 3.00. The molecule has 128 valence electrons. The Morgan fingerprint density at radius 2 is 1.88 bits per heavy atom. The molecular formula is C17H16N4O3S. The molecule has 2 aromatic heterocycles. The summed E-state index contributed by atoms with van der Waals surface area (Å²) in [5.74, 6) is 0.307. The van der Waals surface area contributed by atoms with E-state index < -0.39 is 9.84 Å². The quantitative estimate of drug-likeness (QED) is 0.773. The van der Waals surface area contributed by atoms with E-state index in [9.17, 15) is 13.2 Å². The van der Waals surface area contributed by atoms with Gasteiger partial charge in [0.1, 0.15) is 0 Å². The molecule has 0 aliphatic heterocycles. The van der Waals surface area contributed by atoms with E-state index in [1.807, 2.05) is 12.1 Å². The molecule has 7 nitrogen and oxygen atoms in total. The second-order valence-electron chi connectivity index (χ2n) is 6.18. The van der Waals surface area contributed by atoms with Crippen molar-refractivity contribution in [2.75, 3.05) is 11.6 Å². The number of sulfone groups is 1. The Balaban J connectivity index is 1.71. The van der Waals surface area contributed by atoms with E-state index in [0.717, 1.165) is 24.1 Å². The summed E-state index contributed by atoms with van der Waals surface area (Å²) in [6, 6.07) is 12.1. The summed E-state index contributed by atoms with van der Waals surface area (Å²) in [4.78, 5) is 16.5. The Kier molecular flexibility index (Phi) is 3.57. The van der Waals surface area contributed by atoms with Crippen LogP contribution in [-0.2, 0) is 14.6 Å². The Hall–Kier alpha value is -2.74. The lowest BCUT2D eigenvalue weighted by Crippen LogP contribution is -2.14. The highest BCUT2D eigenvalue weighted by Gasteiger charge is 2.30. The normalized spacial score (nSPS) is 14.6. The highest BCUT2D eigenvalue weighted by Crippen LogP contribution is 2.30. The van der Waals surface area contributed by atoms with Crippen molar-refractivity contribution in [3.05, 3.63) is 42.5 Å². The number of anilines is 1. The van der Waals surface area contributed by atoms with Crippen LogP contribution in [-0.4, -0.2) is 35.2 Å². The standard InChI is InChI=1S/C17H16N4O3S/c1-25(23,24)13-9-7-11(8-10-13)14-3-2-4-15-18-17(20-21(14)15)19-16(22)12-5-6-12/h2-4,7-10,12H,5-6H2,1H3,(H,19,20,22). The van der Waals surface area contributed by atoms with Crippen molar-refractivity contribution in [2.24, 2.45) is 5.92 Å². The summed E-state index contributed by atoms with van der Waals surface area (Å²) in [5.41, 5.74) is 2.18. The van der Waals surface area contributed by atoms with Crippen LogP contribution in [0.2, 0.25) is 0 Å². The van der Waals surface area contributed by atoms with Crippen LogP contribution < -0.4 is 5.32 Å². The zero-order chi connectivity index (χ0) is 17.6. The maximum absolute atomic E-state index is 11.9. The average molecular weight is 356 g/mol. The number of fused-ring (bicyclic) bond motifs is 1. The molecule has 0 spiro atoms. The summed E-state index contributed by atoms with van der Waals surface area (Å²) < 4.78 is 24.8. The van der Waals surface area contributed by atoms with Crippen LogP contribution in [0.25, 0.3) is 16.9 Å². The predicted octanol–water partition coefficient (Wildman–Crippen LogP) is 2.15. The third kappa shape index (κ3) is 3.12. The second kappa shape index (κ2) is 5.66. The summed E-state index contributed by atoms with van der Waals surface area (Å²) in [6.45, 7) is 0. The maximum atomic E-state index is 11.9. The Labute approximate surface area is 144 Å². The van der Waals surface area contributed by atoms with Crippen LogP contribution >= 0.6 is 0 Å². The average Bonchev–Trinajstić information content (AvgIpc) is 3.34. The fourth-order valence-corrected chi connectivity index (χ4v) is 3.24. The molecule has 0 unspecified atom stereocenters. The molecular weight excluding hydrogens is 340 g/mol. The molecule has 3 aromatic rings. The first-order chi connectivity index (χ1) is 11.9. The lowest BCUT2D eigenvalue weighted by atomic mass is 10.1. The second-order valence-corrected chi connectivity index (χ2v) is 8.19. The molecule has 1 saturated carbocycles. The minimum absolute atomic E-state index is 0.0463. The van der Waals surface area contributed by atoms with E-state index in [1.165, 1.54) is 6.26 Å². The van der Waals surface area contributed by atoms with Crippen LogP contribution in [0.5, 0.6) is 0 Å². The van der Waals surface area contributed by atoms with Crippen LogP contribution in [0.15, 0.2) is 47.4 Å². The summed E-state index contributed by atoms with van der Waals surface area (Å²) >= 11 is 0. The van der Waals surface area contributed by atoms with Gasteiger partial charge in [0.25, 0.3) is 0 Å². The Morgan fingerprint density at radius 3 is 2.52 bits per heavy atom. The number of pyridine rings is 1. The number of hydrogen-bond acceptors (Lipinski definition) is 5. The van der Waals surface area contributed by atoms with Crippen molar-refractivity contribution in [1.29, 1.82) is 0 Å². The predicted molar refractivity (Wildman–Crippen MR) is 92.9 cm³/mol. The lowest BCUT2D eigenvalue weighted by Gasteiger charge is -2.05. The van der Waals surface area contributed by atoms with Gasteiger partial charge in [0, 0.05) is 17.7 Å². The molecule has 1 fully saturated rings. The molecule has 1 amide bonds. The summed E-state index contributed by atoms with van der Waals surface area (Å²) in [7, 11) is -3.24. The van der Waals surface area contributed by atoms with Gasteiger partial charge in [-0.3, -0.25) is 10.1 Å². The number of benzene rings is 1. The van der Waals surface area contributed by atoms with Crippen molar-refractivity contribution < 1.29 is 13.2 Å². The minimum atomic E-state index is -3.24. The van der Waals surface area contributed by atoms with Gasteiger partial charge < -0.3 is 0 Å². The molecule has 0 bridgehead atoms. The first-order valence-corrected chi connectivity index (χ1v) is 9.78. The van der Waals surface area contributed by atoms with Crippen molar-refractivity contribution in [2.45, 2.75) is 17.7 Å². The van der Waals surface area contributed by atoms with Crippen LogP contribution in [0.1, 0.15) is 12.8 Å². The van der Waals surface area contributed by atoms with Gasteiger partial charge in [0.15, 0.2) is 15.5 Å². The maximum Gasteiger partial charge on any atom is 0.249 e. The molecule has 8 heteroatoms. The van der Waals surface area contributed by atoms with Gasteiger partial charge in [-0.25, -0.2) is 12.9 Å². The molecule has 1 aromatic carbocycles. The smallest absolute Gasteiger partial charge is 0.249 e. The number of carbonyl (C=O) groups is 1. The van der Waals surface area contributed by atoms with Gasteiger partial charge in [-0.05, 0) is 37.1 Å². The van der Waals surface area contributed by atoms with Crippen molar-refractivity contribution in [3.63, 3.8) is 0 Å². The number of hydrogen-bond donors (Lipinski definition) is 1. The van der Waals surface area contributed by atoms with Crippen LogP contribution in [0.4, 0.5) is 5.95 Å². The number of carbonyl (C=O) groups excluding carboxylic acids is 1. The molecule has 0 saturated heterocycles. The molecule has 1 aliphatic carbocycles. The first kappa shape index (κ1) is 15.8. The Bertz CT molecular complexity index is 1070. The van der Waals surface area contributed by atoms with E-state index in [2.05, 4.69) is 15.4 Å². The summed E-state index contributed by atoms with van der Waals surface area (Å²) in [5, 5.41) is 7.11. The van der Waals surface area contributed by atoms with Crippen molar-refractivity contribution >= 4 is 27.3 Å². The minimum Gasteiger partial charge on any atom is -0.293 e. The fourth-order valence-electron chi connectivity index (χ4n) is 2.61. The highest BCUT2D eigenvalue weighted by atomic mass is 32.2. The van der Waals surface area contributed by atoms with Gasteiger partial charge in [-0.1, -0.05) is 18.2 Å². The van der Waals surface area contributed by atoms with Crippen molar-refractivity contribution in [3.8, 4) is 11.3 Å². The zero-order valence-electron chi connectivity index (χ0n) is 13.5. The topological polar surface area (TPSA) is 93.4 Å². The van der Waals surface area contributed by atoms with E-state index in [0.29, 0.717) is 5.65 Å². The Morgan fingerprint density at radius 1 is 1.16 bits per heavy atom. The fraction of sp³-hybridized carbons (Fsp3) is 0.235. The third-order valence-electron chi connectivity index (χ3n) is 4.12. The van der Waals surface area contributed by atoms with Gasteiger partial charge in [-0.2, -0.15) is 4.98 Å². The van der Waals surface area contributed by atoms with E-state index in [-0.39, 0.29) is 22.7 Å². The van der Waals surface area contributed by atoms with Gasteiger partial charge in [-0.15, -0.1) is 5.10 Å². The molecule has 1 aliphatic rings. The van der Waals surface area contributed by atoms with E-state index in [4.69, 9.17) is 0 Å². The number of aromatic nitrogens is 3. The molecule has 0 atom stereocenters. The lowest BCUT2D eigenvalue weighted by molar-refractivity contribution is -0.117. The monoisotopic (exact) mass is 356 g/mol. The molecule has 4 rings (SSSR count). The number of rotatable bonds is 4. The van der Waals surface area contributed by atoms with Crippen molar-refractivity contribution in [1.82, 2.24) is 14.6 Å². The van der Waals surface area contributed by atoms with Gasteiger partial charge in [0.2, 0.25) is 11.9 Å². The number of nitrogens with zero attached hydrogens (tertiary/aromatic N) is 3. The first-order valence-electron chi connectivity index (χ1n) is 7.89. The number of nitrogens with one attached hydrogen (secondary N) is 1. The largest absolute Gasteiger partial charge is 0.293 e.